The highest BCUT2D eigenvalue weighted by Gasteiger charge is 2.17. The van der Waals surface area contributed by atoms with Gasteiger partial charge in [-0.3, -0.25) is 20.2 Å². The van der Waals surface area contributed by atoms with Crippen LogP contribution in [0, 0.1) is 0 Å². The van der Waals surface area contributed by atoms with E-state index in [1.54, 1.807) is 24.5 Å². The van der Waals surface area contributed by atoms with Crippen molar-refractivity contribution in [2.24, 2.45) is 0 Å². The van der Waals surface area contributed by atoms with E-state index in [0.717, 1.165) is 32.2 Å². The Labute approximate surface area is 235 Å². The Morgan fingerprint density at radius 3 is 1.43 bits per heavy atom. The zero-order chi connectivity index (χ0) is 25.8. The Balaban J connectivity index is 1.16. The van der Waals surface area contributed by atoms with E-state index in [1.165, 1.54) is 22.7 Å². The number of rotatable bonds is 8. The fourth-order valence-corrected chi connectivity index (χ4v) is 6.13. The first-order valence-electron chi connectivity index (χ1n) is 11.0. The first-order valence-corrected chi connectivity index (χ1v) is 14.2. The van der Waals surface area contributed by atoms with Crippen LogP contribution in [0.15, 0.2) is 73.1 Å². The van der Waals surface area contributed by atoms with Crippen molar-refractivity contribution in [2.75, 3.05) is 10.6 Å². The minimum Gasteiger partial charge on any atom is -0.297 e. The lowest BCUT2D eigenvalue weighted by Gasteiger charge is -2.00. The van der Waals surface area contributed by atoms with Crippen molar-refractivity contribution < 1.29 is 9.59 Å². The van der Waals surface area contributed by atoms with Gasteiger partial charge in [-0.25, -0.2) is 9.97 Å². The number of thiophene rings is 1. The van der Waals surface area contributed by atoms with Crippen molar-refractivity contribution in [3.63, 3.8) is 0 Å². The maximum atomic E-state index is 12.7. The van der Waals surface area contributed by atoms with Gasteiger partial charge >= 0.3 is 0 Å². The van der Waals surface area contributed by atoms with Crippen LogP contribution in [0.1, 0.15) is 40.2 Å². The minimum absolute atomic E-state index is 0.309. The summed E-state index contributed by atoms with van der Waals surface area (Å²) in [7, 11) is 0. The molecule has 3 aromatic heterocycles. The van der Waals surface area contributed by atoms with Gasteiger partial charge < -0.3 is 0 Å². The average molecular weight is 586 g/mol. The number of halogens is 2. The molecule has 0 radical (unpaired) electrons. The summed E-state index contributed by atoms with van der Waals surface area (Å²) in [5, 5.41) is 8.01. The number of thiazole rings is 2. The monoisotopic (exact) mass is 584 g/mol. The molecule has 0 aliphatic rings. The van der Waals surface area contributed by atoms with Crippen LogP contribution < -0.4 is 10.6 Å². The van der Waals surface area contributed by atoms with Gasteiger partial charge in [0.2, 0.25) is 0 Å². The maximum Gasteiger partial charge on any atom is 0.267 e. The second-order valence-electron chi connectivity index (χ2n) is 7.94. The lowest BCUT2D eigenvalue weighted by Crippen LogP contribution is -2.10. The molecule has 6 nitrogen and oxygen atoms in total. The van der Waals surface area contributed by atoms with Crippen molar-refractivity contribution in [2.45, 2.75) is 12.8 Å². The number of nitrogens with zero attached hydrogens (tertiary/aromatic N) is 2. The van der Waals surface area contributed by atoms with Crippen LogP contribution in [0.3, 0.4) is 0 Å². The van der Waals surface area contributed by atoms with Crippen LogP contribution in [0.25, 0.3) is 0 Å². The van der Waals surface area contributed by atoms with Gasteiger partial charge in [-0.05, 0) is 47.5 Å². The molecule has 0 bridgehead atoms. The smallest absolute Gasteiger partial charge is 0.267 e. The topological polar surface area (TPSA) is 84.0 Å². The molecule has 5 aromatic rings. The summed E-state index contributed by atoms with van der Waals surface area (Å²) in [6.45, 7) is 0. The number of benzene rings is 2. The Hall–Kier alpha value is -3.08. The lowest BCUT2D eigenvalue weighted by molar-refractivity contribution is 0.102. The Morgan fingerprint density at radius 1 is 0.622 bits per heavy atom. The fourth-order valence-electron chi connectivity index (χ4n) is 3.40. The predicted octanol–water partition coefficient (Wildman–Crippen LogP) is 7.65. The normalized spacial score (nSPS) is 10.9. The molecule has 11 heteroatoms. The standard InChI is InChI=1S/C26H18Cl2N4O2S3/c27-17-5-1-15(2-6-17)11-19-13-29-25(35-19)31-23(33)21-9-10-22(37-21)24(34)32-26-30-14-20(36-26)12-16-3-7-18(28)8-4-16/h1-10,13-14H,11-12H2,(H,29,31,33)(H,30,32,34). The molecule has 0 saturated carbocycles. The zero-order valence-corrected chi connectivity index (χ0v) is 23.0. The van der Waals surface area contributed by atoms with E-state index >= 15 is 0 Å². The minimum atomic E-state index is -0.309. The van der Waals surface area contributed by atoms with Crippen molar-refractivity contribution in [1.82, 2.24) is 9.97 Å². The van der Waals surface area contributed by atoms with E-state index in [0.29, 0.717) is 42.9 Å². The van der Waals surface area contributed by atoms with Gasteiger partial charge in [0.1, 0.15) is 0 Å². The zero-order valence-electron chi connectivity index (χ0n) is 19.0. The third-order valence-electron chi connectivity index (χ3n) is 5.18. The number of hydrogen-bond donors (Lipinski definition) is 2. The van der Waals surface area contributed by atoms with Crippen LogP contribution in [-0.2, 0) is 12.8 Å². The molecular formula is C26H18Cl2N4O2S3. The first kappa shape index (κ1) is 25.6. The highest BCUT2D eigenvalue weighted by Crippen LogP contribution is 2.26. The molecule has 5 rings (SSSR count). The molecule has 0 aliphatic carbocycles. The summed E-state index contributed by atoms with van der Waals surface area (Å²) < 4.78 is 0. The third kappa shape index (κ3) is 6.82. The number of aromatic nitrogens is 2. The molecule has 0 fully saturated rings. The largest absolute Gasteiger partial charge is 0.297 e. The molecule has 0 aliphatic heterocycles. The van der Waals surface area contributed by atoms with Crippen LogP contribution >= 0.6 is 57.2 Å². The maximum absolute atomic E-state index is 12.7. The number of amides is 2. The molecule has 186 valence electrons. The van der Waals surface area contributed by atoms with Crippen LogP contribution in [0.5, 0.6) is 0 Å². The summed E-state index contributed by atoms with van der Waals surface area (Å²) in [5.41, 5.74) is 2.22. The fraction of sp³-hybridized carbons (Fsp3) is 0.0769. The molecule has 2 aromatic carbocycles. The summed E-state index contributed by atoms with van der Waals surface area (Å²) in [6, 6.07) is 18.5. The lowest BCUT2D eigenvalue weighted by atomic mass is 10.1. The van der Waals surface area contributed by atoms with E-state index in [4.69, 9.17) is 23.2 Å². The van der Waals surface area contributed by atoms with Crippen LogP contribution in [0.2, 0.25) is 10.0 Å². The number of carbonyl (C=O) groups excluding carboxylic acids is 2. The SMILES string of the molecule is O=C(Nc1ncc(Cc2ccc(Cl)cc2)s1)c1ccc(C(=O)Nc2ncc(Cc3ccc(Cl)cc3)s2)s1. The quantitative estimate of drug-likeness (QED) is 0.196. The number of carbonyl (C=O) groups is 2. The molecule has 2 N–H and O–H groups in total. The van der Waals surface area contributed by atoms with E-state index in [1.807, 2.05) is 48.5 Å². The van der Waals surface area contributed by atoms with Crippen LogP contribution in [-0.4, -0.2) is 21.8 Å². The van der Waals surface area contributed by atoms with Gasteiger partial charge in [0.15, 0.2) is 10.3 Å². The molecule has 0 unspecified atom stereocenters. The van der Waals surface area contributed by atoms with Crippen LogP contribution in [0.4, 0.5) is 10.3 Å². The predicted molar refractivity (Wildman–Crippen MR) is 153 cm³/mol. The van der Waals surface area contributed by atoms with E-state index in [2.05, 4.69) is 20.6 Å². The number of hydrogen-bond acceptors (Lipinski definition) is 7. The van der Waals surface area contributed by atoms with Crippen molar-refractivity contribution in [1.29, 1.82) is 0 Å². The van der Waals surface area contributed by atoms with Crippen molar-refractivity contribution in [3.05, 3.63) is 114 Å². The molecule has 3 heterocycles. The molecule has 37 heavy (non-hydrogen) atoms. The highest BCUT2D eigenvalue weighted by molar-refractivity contribution is 7.17. The molecule has 0 saturated heterocycles. The number of nitrogens with one attached hydrogen (secondary N) is 2. The second-order valence-corrected chi connectivity index (χ2v) is 12.1. The first-order chi connectivity index (χ1) is 17.9. The van der Waals surface area contributed by atoms with E-state index in [9.17, 15) is 9.59 Å². The van der Waals surface area contributed by atoms with Gasteiger partial charge in [-0.2, -0.15) is 0 Å². The Kier molecular flexibility index (Phi) is 7.97. The summed E-state index contributed by atoms with van der Waals surface area (Å²) in [4.78, 5) is 36.9. The summed E-state index contributed by atoms with van der Waals surface area (Å²) >= 11 is 15.8. The Morgan fingerprint density at radius 2 is 1.03 bits per heavy atom. The molecule has 0 spiro atoms. The van der Waals surface area contributed by atoms with Crippen molar-refractivity contribution >= 4 is 79.3 Å². The number of anilines is 2. The molecule has 2 amide bonds. The Bertz CT molecular complexity index is 1430. The van der Waals surface area contributed by atoms with Gasteiger partial charge in [-0.1, -0.05) is 47.5 Å². The van der Waals surface area contributed by atoms with Gasteiger partial charge in [0.25, 0.3) is 11.8 Å². The van der Waals surface area contributed by atoms with Gasteiger partial charge in [0, 0.05) is 45.0 Å². The van der Waals surface area contributed by atoms with E-state index < -0.39 is 0 Å². The molecular weight excluding hydrogens is 567 g/mol. The third-order valence-corrected chi connectivity index (χ3v) is 8.60. The van der Waals surface area contributed by atoms with Gasteiger partial charge in [-0.15, -0.1) is 34.0 Å². The average Bonchev–Trinajstić information content (AvgIpc) is 3.64. The van der Waals surface area contributed by atoms with Gasteiger partial charge in [0.05, 0.1) is 9.75 Å². The highest BCUT2D eigenvalue weighted by atomic mass is 35.5. The summed E-state index contributed by atoms with van der Waals surface area (Å²) in [6.07, 6.45) is 4.90. The second kappa shape index (κ2) is 11.5. The molecule has 0 atom stereocenters. The van der Waals surface area contributed by atoms with E-state index in [-0.39, 0.29) is 11.8 Å². The summed E-state index contributed by atoms with van der Waals surface area (Å²) in [5.74, 6) is -0.619. The van der Waals surface area contributed by atoms with Crippen molar-refractivity contribution in [3.8, 4) is 0 Å².